The third-order valence-corrected chi connectivity index (χ3v) is 2.42. The highest BCUT2D eigenvalue weighted by molar-refractivity contribution is 5.24. The average molecular weight is 205 g/mol. The summed E-state index contributed by atoms with van der Waals surface area (Å²) in [5.74, 6) is 0. The Kier molecular flexibility index (Phi) is 4.04. The minimum Gasteiger partial charge on any atom is -0.387 e. The third-order valence-electron chi connectivity index (χ3n) is 2.42. The van der Waals surface area contributed by atoms with Gasteiger partial charge in [-0.25, -0.2) is 0 Å². The average Bonchev–Trinajstić information content (AvgIpc) is 2.14. The lowest BCUT2D eigenvalue weighted by atomic mass is 10.0. The van der Waals surface area contributed by atoms with Gasteiger partial charge in [-0.1, -0.05) is 11.6 Å². The summed E-state index contributed by atoms with van der Waals surface area (Å²) in [4.78, 5) is 4.28. The molecule has 1 aromatic rings. The number of allylic oxidation sites excluding steroid dienone is 1. The van der Waals surface area contributed by atoms with Crippen LogP contribution >= 0.6 is 0 Å². The Balaban J connectivity index is 2.73. The van der Waals surface area contributed by atoms with E-state index in [1.807, 2.05) is 26.8 Å². The van der Waals surface area contributed by atoms with Crippen LogP contribution in [0.2, 0.25) is 0 Å². The highest BCUT2D eigenvalue weighted by atomic mass is 16.3. The summed E-state index contributed by atoms with van der Waals surface area (Å²) in [6.45, 7) is 9.79. The Morgan fingerprint density at radius 3 is 2.73 bits per heavy atom. The normalized spacial score (nSPS) is 12.5. The maximum absolute atomic E-state index is 9.94. The van der Waals surface area contributed by atoms with Gasteiger partial charge >= 0.3 is 0 Å². The van der Waals surface area contributed by atoms with E-state index in [2.05, 4.69) is 11.6 Å². The number of aliphatic hydroxyl groups excluding tert-OH is 1. The van der Waals surface area contributed by atoms with Gasteiger partial charge in [0.15, 0.2) is 0 Å². The predicted molar refractivity (Wildman–Crippen MR) is 62.7 cm³/mol. The Hall–Kier alpha value is -1.15. The van der Waals surface area contributed by atoms with Gasteiger partial charge in [0.2, 0.25) is 0 Å². The SMILES string of the molecule is C=C(C)CCC(O)c1ncc(C)cc1C. The maximum atomic E-state index is 9.94. The molecule has 1 atom stereocenters. The van der Waals surface area contributed by atoms with Crippen LogP contribution in [0.3, 0.4) is 0 Å². The Labute approximate surface area is 91.7 Å². The van der Waals surface area contributed by atoms with Gasteiger partial charge in [0.25, 0.3) is 0 Å². The molecule has 1 unspecified atom stereocenters. The number of nitrogens with zero attached hydrogens (tertiary/aromatic N) is 1. The van der Waals surface area contributed by atoms with Crippen molar-refractivity contribution in [2.45, 2.75) is 39.7 Å². The first-order valence-electron chi connectivity index (χ1n) is 5.26. The van der Waals surface area contributed by atoms with Crippen molar-refractivity contribution in [2.24, 2.45) is 0 Å². The van der Waals surface area contributed by atoms with Crippen LogP contribution in [0.25, 0.3) is 0 Å². The first-order valence-corrected chi connectivity index (χ1v) is 5.26. The molecule has 0 amide bonds. The first kappa shape index (κ1) is 11.9. The molecule has 1 N–H and O–H groups in total. The summed E-state index contributed by atoms with van der Waals surface area (Å²) in [6, 6.07) is 2.05. The molecule has 1 heterocycles. The van der Waals surface area contributed by atoms with Crippen LogP contribution in [-0.4, -0.2) is 10.1 Å². The summed E-state index contributed by atoms with van der Waals surface area (Å²) in [7, 11) is 0. The molecule has 0 fully saturated rings. The van der Waals surface area contributed by atoms with Crippen molar-refractivity contribution in [3.63, 3.8) is 0 Å². The number of hydrogen-bond acceptors (Lipinski definition) is 2. The van der Waals surface area contributed by atoms with E-state index in [1.165, 1.54) is 0 Å². The van der Waals surface area contributed by atoms with Crippen LogP contribution in [0.4, 0.5) is 0 Å². The van der Waals surface area contributed by atoms with Crippen LogP contribution in [0, 0.1) is 13.8 Å². The molecule has 1 aromatic heterocycles. The zero-order valence-electron chi connectivity index (χ0n) is 9.75. The predicted octanol–water partition coefficient (Wildman–Crippen LogP) is 3.09. The quantitative estimate of drug-likeness (QED) is 0.766. The second kappa shape index (κ2) is 5.08. The van der Waals surface area contributed by atoms with Crippen molar-refractivity contribution in [3.05, 3.63) is 41.2 Å². The monoisotopic (exact) mass is 205 g/mol. The number of aromatic nitrogens is 1. The van der Waals surface area contributed by atoms with E-state index in [0.29, 0.717) is 6.42 Å². The van der Waals surface area contributed by atoms with Crippen LogP contribution in [0.5, 0.6) is 0 Å². The lowest BCUT2D eigenvalue weighted by molar-refractivity contribution is 0.162. The van der Waals surface area contributed by atoms with Crippen LogP contribution in [0.15, 0.2) is 24.4 Å². The van der Waals surface area contributed by atoms with Gasteiger partial charge in [-0.15, -0.1) is 6.58 Å². The van der Waals surface area contributed by atoms with Gasteiger partial charge in [-0.2, -0.15) is 0 Å². The van der Waals surface area contributed by atoms with E-state index in [1.54, 1.807) is 6.20 Å². The topological polar surface area (TPSA) is 33.1 Å². The van der Waals surface area contributed by atoms with E-state index in [0.717, 1.165) is 28.8 Å². The van der Waals surface area contributed by atoms with Gasteiger partial charge in [0.1, 0.15) is 0 Å². The van der Waals surface area contributed by atoms with Crippen LogP contribution < -0.4 is 0 Å². The molecular weight excluding hydrogens is 186 g/mol. The fraction of sp³-hybridized carbons (Fsp3) is 0.462. The summed E-state index contributed by atoms with van der Waals surface area (Å²) in [6.07, 6.45) is 2.87. The molecule has 2 heteroatoms. The van der Waals surface area contributed by atoms with Gasteiger partial charge in [0, 0.05) is 6.20 Å². The van der Waals surface area contributed by atoms with Crippen LogP contribution in [-0.2, 0) is 0 Å². The molecule has 0 saturated carbocycles. The van der Waals surface area contributed by atoms with Crippen molar-refractivity contribution < 1.29 is 5.11 Å². The molecule has 0 aliphatic heterocycles. The maximum Gasteiger partial charge on any atom is 0.0965 e. The molecular formula is C13H19NO. The van der Waals surface area contributed by atoms with Crippen molar-refractivity contribution in [2.75, 3.05) is 0 Å². The molecule has 0 radical (unpaired) electrons. The van der Waals surface area contributed by atoms with E-state index in [4.69, 9.17) is 0 Å². The summed E-state index contributed by atoms with van der Waals surface area (Å²) < 4.78 is 0. The van der Waals surface area contributed by atoms with Crippen molar-refractivity contribution in [1.29, 1.82) is 0 Å². The zero-order chi connectivity index (χ0) is 11.4. The van der Waals surface area contributed by atoms with Gasteiger partial charge in [-0.3, -0.25) is 4.98 Å². The standard InChI is InChI=1S/C13H19NO/c1-9(2)5-6-12(15)13-11(4)7-10(3)8-14-13/h7-8,12,15H,1,5-6H2,2-4H3. The molecule has 0 bridgehead atoms. The van der Waals surface area contributed by atoms with E-state index in [-0.39, 0.29) is 0 Å². The fourth-order valence-electron chi connectivity index (χ4n) is 1.59. The highest BCUT2D eigenvalue weighted by Crippen LogP contribution is 2.21. The van der Waals surface area contributed by atoms with Gasteiger partial charge in [0.05, 0.1) is 11.8 Å². The number of pyridine rings is 1. The van der Waals surface area contributed by atoms with Gasteiger partial charge in [-0.05, 0) is 44.7 Å². The first-order chi connectivity index (χ1) is 7.00. The number of hydrogen-bond donors (Lipinski definition) is 1. The molecule has 0 aliphatic carbocycles. The second-order valence-electron chi connectivity index (χ2n) is 4.23. The van der Waals surface area contributed by atoms with Gasteiger partial charge < -0.3 is 5.11 Å². The molecule has 2 nitrogen and oxygen atoms in total. The molecule has 1 rings (SSSR count). The summed E-state index contributed by atoms with van der Waals surface area (Å²) in [5, 5.41) is 9.94. The lowest BCUT2D eigenvalue weighted by Gasteiger charge is -2.12. The largest absolute Gasteiger partial charge is 0.387 e. The third kappa shape index (κ3) is 3.48. The molecule has 0 saturated heterocycles. The van der Waals surface area contributed by atoms with Crippen molar-refractivity contribution >= 4 is 0 Å². The Morgan fingerprint density at radius 1 is 1.53 bits per heavy atom. The molecule has 15 heavy (non-hydrogen) atoms. The number of aliphatic hydroxyl groups is 1. The van der Waals surface area contributed by atoms with E-state index in [9.17, 15) is 5.11 Å². The molecule has 0 aromatic carbocycles. The fourth-order valence-corrected chi connectivity index (χ4v) is 1.59. The van der Waals surface area contributed by atoms with Crippen LogP contribution in [0.1, 0.15) is 42.7 Å². The Bertz CT molecular complexity index is 358. The van der Waals surface area contributed by atoms with E-state index < -0.39 is 6.10 Å². The second-order valence-corrected chi connectivity index (χ2v) is 4.23. The molecule has 0 aliphatic rings. The number of aryl methyl sites for hydroxylation is 2. The summed E-state index contributed by atoms with van der Waals surface area (Å²) in [5.41, 5.74) is 4.08. The van der Waals surface area contributed by atoms with E-state index >= 15 is 0 Å². The minimum absolute atomic E-state index is 0.470. The number of rotatable bonds is 4. The molecule has 82 valence electrons. The van der Waals surface area contributed by atoms with Crippen molar-refractivity contribution in [3.8, 4) is 0 Å². The Morgan fingerprint density at radius 2 is 2.20 bits per heavy atom. The smallest absolute Gasteiger partial charge is 0.0965 e. The summed E-state index contributed by atoms with van der Waals surface area (Å²) >= 11 is 0. The zero-order valence-corrected chi connectivity index (χ0v) is 9.75. The highest BCUT2D eigenvalue weighted by Gasteiger charge is 2.11. The minimum atomic E-state index is -0.470. The van der Waals surface area contributed by atoms with Crippen molar-refractivity contribution in [1.82, 2.24) is 4.98 Å². The molecule has 0 spiro atoms. The lowest BCUT2D eigenvalue weighted by Crippen LogP contribution is -2.03.